The lowest BCUT2D eigenvalue weighted by Crippen LogP contribution is -2.03. The number of hydrogen-bond acceptors (Lipinski definition) is 5. The normalized spacial score (nSPS) is 13.2. The van der Waals surface area contributed by atoms with Crippen molar-refractivity contribution in [1.29, 1.82) is 0 Å². The van der Waals surface area contributed by atoms with Gasteiger partial charge in [0.1, 0.15) is 17.0 Å². The number of aromatic nitrogens is 3. The molecule has 0 saturated heterocycles. The van der Waals surface area contributed by atoms with Gasteiger partial charge >= 0.3 is 0 Å². The van der Waals surface area contributed by atoms with Gasteiger partial charge < -0.3 is 4.42 Å². The smallest absolute Gasteiger partial charge is 0.179 e. The molecule has 0 aliphatic heterocycles. The molecule has 234 valence electrons. The lowest BCUT2D eigenvalue weighted by atomic mass is 9.93. The van der Waals surface area contributed by atoms with E-state index in [2.05, 4.69) is 115 Å². The zero-order valence-electron chi connectivity index (χ0n) is 26.9. The molecular weight excluding hydrogens is 631 g/mol. The molecular formula is C45H27N3OS. The minimum atomic E-state index is 0.612. The summed E-state index contributed by atoms with van der Waals surface area (Å²) in [7, 11) is 0. The second kappa shape index (κ2) is 10.7. The summed E-state index contributed by atoms with van der Waals surface area (Å²) in [5, 5.41) is 9.04. The summed E-state index contributed by atoms with van der Waals surface area (Å²) in [5.74, 6) is 1.53. The Kier molecular flexibility index (Phi) is 5.92. The number of fused-ring (bicyclic) bond motifs is 6. The molecule has 0 N–H and O–H groups in total. The van der Waals surface area contributed by atoms with Crippen molar-refractivity contribution in [2.45, 2.75) is 12.8 Å². The molecule has 6 aromatic carbocycles. The van der Waals surface area contributed by atoms with Crippen LogP contribution < -0.4 is 0 Å². The number of nitrogens with zero attached hydrogens (tertiary/aromatic N) is 3. The lowest BCUT2D eigenvalue weighted by molar-refractivity contribution is 0.596. The van der Waals surface area contributed by atoms with E-state index in [1.165, 1.54) is 52.7 Å². The van der Waals surface area contributed by atoms with Gasteiger partial charge in [0, 0.05) is 42.2 Å². The van der Waals surface area contributed by atoms with Crippen molar-refractivity contribution in [3.05, 3.63) is 150 Å². The number of aryl methyl sites for hydroxylation is 1. The van der Waals surface area contributed by atoms with E-state index < -0.39 is 0 Å². The van der Waals surface area contributed by atoms with Crippen LogP contribution in [0, 0.1) is 0 Å². The van der Waals surface area contributed by atoms with E-state index in [1.54, 1.807) is 0 Å². The maximum Gasteiger partial charge on any atom is 0.179 e. The largest absolute Gasteiger partial charge is 0.456 e. The highest BCUT2D eigenvalue weighted by Gasteiger charge is 2.22. The van der Waals surface area contributed by atoms with Crippen LogP contribution in [-0.4, -0.2) is 15.0 Å². The molecule has 10 aromatic rings. The van der Waals surface area contributed by atoms with Crippen LogP contribution in [0.1, 0.15) is 23.4 Å². The molecule has 0 bridgehead atoms. The fourth-order valence-electron chi connectivity index (χ4n) is 7.90. The van der Waals surface area contributed by atoms with Gasteiger partial charge in [0.05, 0.1) is 17.1 Å². The van der Waals surface area contributed by atoms with E-state index in [4.69, 9.17) is 19.4 Å². The molecule has 0 amide bonds. The van der Waals surface area contributed by atoms with E-state index in [9.17, 15) is 0 Å². The Labute approximate surface area is 291 Å². The number of benzene rings is 6. The van der Waals surface area contributed by atoms with Crippen molar-refractivity contribution in [1.82, 2.24) is 15.0 Å². The number of rotatable bonds is 4. The standard InChI is InChI=1S/C45H27N3OS/c1-2-10-26(11-3-1)37-25-38(27-20-21-31-30-14-6-7-18-39(30)49-40(31)24-27)48-45(47-37)36-17-9-16-35(46-36)34-23-22-33-29-13-5-4-12-28(29)32-15-8-19-41-42(32)43(33)44(34)50-41/h1-19,22-25H,20-21H2. The topological polar surface area (TPSA) is 51.8 Å². The number of furan rings is 1. The van der Waals surface area contributed by atoms with Crippen LogP contribution in [0.2, 0.25) is 0 Å². The summed E-state index contributed by atoms with van der Waals surface area (Å²) in [6.07, 6.45) is 3.94. The van der Waals surface area contributed by atoms with Crippen LogP contribution in [0.15, 0.2) is 138 Å². The highest BCUT2D eigenvalue weighted by molar-refractivity contribution is 7.26. The molecule has 4 nitrogen and oxygen atoms in total. The maximum absolute atomic E-state index is 6.30. The molecule has 1 aliphatic rings. The predicted molar refractivity (Wildman–Crippen MR) is 208 cm³/mol. The molecule has 0 saturated carbocycles. The van der Waals surface area contributed by atoms with Crippen LogP contribution >= 0.6 is 11.3 Å². The van der Waals surface area contributed by atoms with Crippen LogP contribution in [-0.2, 0) is 6.42 Å². The number of hydrogen-bond donors (Lipinski definition) is 0. The Morgan fingerprint density at radius 3 is 2.12 bits per heavy atom. The third-order valence-corrected chi connectivity index (χ3v) is 11.4. The molecule has 0 unspecified atom stereocenters. The van der Waals surface area contributed by atoms with Crippen LogP contribution in [0.25, 0.3) is 98.4 Å². The molecule has 50 heavy (non-hydrogen) atoms. The predicted octanol–water partition coefficient (Wildman–Crippen LogP) is 12.2. The van der Waals surface area contributed by atoms with Gasteiger partial charge in [-0.15, -0.1) is 11.3 Å². The Morgan fingerprint density at radius 2 is 1.24 bits per heavy atom. The summed E-state index contributed by atoms with van der Waals surface area (Å²) in [6, 6.07) is 46.9. The molecule has 4 aromatic heterocycles. The molecule has 1 aliphatic carbocycles. The first kappa shape index (κ1) is 27.7. The zero-order valence-corrected chi connectivity index (χ0v) is 27.7. The van der Waals surface area contributed by atoms with Crippen molar-refractivity contribution in [2.75, 3.05) is 0 Å². The average molecular weight is 658 g/mol. The van der Waals surface area contributed by atoms with E-state index in [0.29, 0.717) is 5.82 Å². The fourth-order valence-corrected chi connectivity index (χ4v) is 9.18. The summed E-state index contributed by atoms with van der Waals surface area (Å²) >= 11 is 1.85. The van der Waals surface area contributed by atoms with E-state index in [1.807, 2.05) is 35.6 Å². The summed E-state index contributed by atoms with van der Waals surface area (Å²) in [6.45, 7) is 0. The van der Waals surface area contributed by atoms with Crippen LogP contribution in [0.4, 0.5) is 0 Å². The summed E-state index contributed by atoms with van der Waals surface area (Å²) < 4.78 is 8.86. The van der Waals surface area contributed by atoms with Crippen molar-refractivity contribution in [3.63, 3.8) is 0 Å². The summed E-state index contributed by atoms with van der Waals surface area (Å²) in [5.41, 5.74) is 8.95. The zero-order chi connectivity index (χ0) is 32.8. The van der Waals surface area contributed by atoms with E-state index in [0.717, 1.165) is 63.7 Å². The molecule has 11 rings (SSSR count). The Hall–Kier alpha value is -6.17. The van der Waals surface area contributed by atoms with Gasteiger partial charge in [-0.25, -0.2) is 15.0 Å². The minimum absolute atomic E-state index is 0.612. The number of allylic oxidation sites excluding steroid dienone is 1. The van der Waals surface area contributed by atoms with Crippen molar-refractivity contribution in [3.8, 4) is 34.0 Å². The minimum Gasteiger partial charge on any atom is -0.456 e. The molecule has 0 fully saturated rings. The SMILES string of the molecule is C1=C(c2cc(-c3ccccc3)nc(-c3cccc(-c4ccc5c6ccccc6c6cccc7sc4c5c76)n3)n2)CCc2c1oc1ccccc21. The van der Waals surface area contributed by atoms with Gasteiger partial charge in [0.25, 0.3) is 0 Å². The van der Waals surface area contributed by atoms with Gasteiger partial charge in [-0.05, 0) is 76.4 Å². The van der Waals surface area contributed by atoms with Gasteiger partial charge in [-0.2, -0.15) is 0 Å². The molecule has 0 radical (unpaired) electrons. The van der Waals surface area contributed by atoms with E-state index >= 15 is 0 Å². The molecule has 0 spiro atoms. The molecule has 5 heteroatoms. The first-order valence-corrected chi connectivity index (χ1v) is 17.8. The third-order valence-electron chi connectivity index (χ3n) is 10.2. The first-order chi connectivity index (χ1) is 24.8. The van der Waals surface area contributed by atoms with Crippen LogP contribution in [0.5, 0.6) is 0 Å². The number of pyridine rings is 1. The molecule has 4 heterocycles. The third kappa shape index (κ3) is 4.14. The monoisotopic (exact) mass is 657 g/mol. The van der Waals surface area contributed by atoms with Crippen molar-refractivity contribution in [2.24, 2.45) is 0 Å². The first-order valence-electron chi connectivity index (χ1n) is 17.0. The lowest BCUT2D eigenvalue weighted by Gasteiger charge is -2.15. The Morgan fingerprint density at radius 1 is 0.520 bits per heavy atom. The van der Waals surface area contributed by atoms with Gasteiger partial charge in [0.15, 0.2) is 5.82 Å². The highest BCUT2D eigenvalue weighted by atomic mass is 32.1. The molecule has 0 atom stereocenters. The number of thiophene rings is 1. The second-order valence-corrected chi connectivity index (χ2v) is 14.1. The average Bonchev–Trinajstić information content (AvgIpc) is 3.77. The van der Waals surface area contributed by atoms with Crippen molar-refractivity contribution < 1.29 is 4.42 Å². The Balaban J connectivity index is 1.08. The van der Waals surface area contributed by atoms with Gasteiger partial charge in [0.2, 0.25) is 0 Å². The Bertz CT molecular complexity index is 2990. The van der Waals surface area contributed by atoms with Gasteiger partial charge in [-0.3, -0.25) is 0 Å². The highest BCUT2D eigenvalue weighted by Crippen LogP contribution is 2.48. The fraction of sp³-hybridized carbons (Fsp3) is 0.0444. The van der Waals surface area contributed by atoms with Gasteiger partial charge in [-0.1, -0.05) is 103 Å². The van der Waals surface area contributed by atoms with Crippen molar-refractivity contribution >= 4 is 75.7 Å². The summed E-state index contributed by atoms with van der Waals surface area (Å²) in [4.78, 5) is 15.6. The maximum atomic E-state index is 6.30. The quantitative estimate of drug-likeness (QED) is 0.177. The van der Waals surface area contributed by atoms with Crippen LogP contribution in [0.3, 0.4) is 0 Å². The van der Waals surface area contributed by atoms with E-state index in [-0.39, 0.29) is 0 Å². The number of para-hydroxylation sites is 1. The second-order valence-electron chi connectivity index (χ2n) is 13.0.